The van der Waals surface area contributed by atoms with Crippen LogP contribution in [0.1, 0.15) is 11.1 Å². The average Bonchev–Trinajstić information content (AvgIpc) is 2.84. The van der Waals surface area contributed by atoms with Crippen LogP contribution in [-0.2, 0) is 6.42 Å². The van der Waals surface area contributed by atoms with Gasteiger partial charge in [0.05, 0.1) is 16.6 Å². The van der Waals surface area contributed by atoms with Crippen LogP contribution in [0.15, 0.2) is 30.3 Å². The summed E-state index contributed by atoms with van der Waals surface area (Å²) in [6, 6.07) is 9.22. The SMILES string of the molecule is Cc1ccc2c(c1)CC(CNc1cc(Cl)c(F)c(Cl)c1)O2. The van der Waals surface area contributed by atoms with Gasteiger partial charge >= 0.3 is 0 Å². The van der Waals surface area contributed by atoms with Crippen LogP contribution in [0.2, 0.25) is 10.0 Å². The second-order valence-corrected chi connectivity index (χ2v) is 6.00. The molecule has 2 aromatic carbocycles. The van der Waals surface area contributed by atoms with Gasteiger partial charge in [-0.15, -0.1) is 0 Å². The molecule has 0 saturated heterocycles. The Hall–Kier alpha value is -1.45. The van der Waals surface area contributed by atoms with Gasteiger partial charge in [-0.3, -0.25) is 0 Å². The maximum absolute atomic E-state index is 13.4. The van der Waals surface area contributed by atoms with E-state index in [1.54, 1.807) is 0 Å². The number of rotatable bonds is 3. The molecule has 2 aromatic rings. The fourth-order valence-electron chi connectivity index (χ4n) is 2.45. The van der Waals surface area contributed by atoms with E-state index in [1.807, 2.05) is 12.1 Å². The minimum absolute atomic E-state index is 0.0104. The van der Waals surface area contributed by atoms with Crippen molar-refractivity contribution in [3.63, 3.8) is 0 Å². The molecule has 3 rings (SSSR count). The normalized spacial score (nSPS) is 16.5. The molecule has 0 bridgehead atoms. The lowest BCUT2D eigenvalue weighted by Gasteiger charge is -2.13. The van der Waals surface area contributed by atoms with Crippen LogP contribution in [0, 0.1) is 12.7 Å². The lowest BCUT2D eigenvalue weighted by atomic mass is 10.1. The van der Waals surface area contributed by atoms with Gasteiger partial charge in [-0.05, 0) is 30.7 Å². The van der Waals surface area contributed by atoms with Crippen LogP contribution in [0.25, 0.3) is 0 Å². The smallest absolute Gasteiger partial charge is 0.160 e. The molecule has 0 aliphatic carbocycles. The molecule has 0 radical (unpaired) electrons. The van der Waals surface area contributed by atoms with E-state index in [1.165, 1.54) is 23.3 Å². The molecule has 1 aliphatic heterocycles. The first kappa shape index (κ1) is 14.5. The molecular weight excluding hydrogens is 312 g/mol. The van der Waals surface area contributed by atoms with Crippen molar-refractivity contribution in [3.8, 4) is 5.75 Å². The Kier molecular flexibility index (Phi) is 3.96. The second kappa shape index (κ2) is 5.74. The Morgan fingerprint density at radius 2 is 1.95 bits per heavy atom. The van der Waals surface area contributed by atoms with E-state index in [0.717, 1.165) is 12.2 Å². The topological polar surface area (TPSA) is 21.3 Å². The molecule has 1 atom stereocenters. The second-order valence-electron chi connectivity index (χ2n) is 5.19. The van der Waals surface area contributed by atoms with Crippen LogP contribution in [-0.4, -0.2) is 12.6 Å². The van der Waals surface area contributed by atoms with Crippen molar-refractivity contribution >= 4 is 28.9 Å². The zero-order valence-electron chi connectivity index (χ0n) is 11.4. The largest absolute Gasteiger partial charge is 0.488 e. The summed E-state index contributed by atoms with van der Waals surface area (Å²) in [5.74, 6) is 0.339. The summed E-state index contributed by atoms with van der Waals surface area (Å²) in [6.07, 6.45) is 0.900. The molecule has 0 fully saturated rings. The molecule has 1 N–H and O–H groups in total. The molecule has 21 heavy (non-hydrogen) atoms. The van der Waals surface area contributed by atoms with Gasteiger partial charge in [0.25, 0.3) is 0 Å². The lowest BCUT2D eigenvalue weighted by molar-refractivity contribution is 0.246. The van der Waals surface area contributed by atoms with Gasteiger partial charge in [0.1, 0.15) is 11.9 Å². The molecule has 0 saturated carbocycles. The molecule has 1 unspecified atom stereocenters. The van der Waals surface area contributed by atoms with Crippen LogP contribution in [0.5, 0.6) is 5.75 Å². The third kappa shape index (κ3) is 3.09. The van der Waals surface area contributed by atoms with Crippen LogP contribution in [0.4, 0.5) is 10.1 Å². The monoisotopic (exact) mass is 325 g/mol. The van der Waals surface area contributed by atoms with Crippen molar-refractivity contribution in [2.24, 2.45) is 0 Å². The first-order valence-corrected chi connectivity index (χ1v) is 7.43. The van der Waals surface area contributed by atoms with E-state index < -0.39 is 5.82 Å². The molecule has 1 aliphatic rings. The Morgan fingerprint density at radius 1 is 1.24 bits per heavy atom. The summed E-state index contributed by atoms with van der Waals surface area (Å²) in [5, 5.41) is 3.21. The fourth-order valence-corrected chi connectivity index (χ4v) is 2.94. The van der Waals surface area contributed by atoms with Gasteiger partial charge in [-0.25, -0.2) is 4.39 Å². The minimum atomic E-state index is -0.594. The fraction of sp³-hybridized carbons (Fsp3) is 0.250. The van der Waals surface area contributed by atoms with Gasteiger partial charge in [0, 0.05) is 12.1 Å². The predicted molar refractivity (Wildman–Crippen MR) is 84.2 cm³/mol. The Bertz CT molecular complexity index is 667. The van der Waals surface area contributed by atoms with Gasteiger partial charge < -0.3 is 10.1 Å². The summed E-state index contributed by atoms with van der Waals surface area (Å²) in [6.45, 7) is 2.67. The van der Waals surface area contributed by atoms with Crippen molar-refractivity contribution in [1.82, 2.24) is 0 Å². The number of hydrogen-bond donors (Lipinski definition) is 1. The summed E-state index contributed by atoms with van der Waals surface area (Å²) >= 11 is 11.5. The third-order valence-corrected chi connectivity index (χ3v) is 4.02. The molecule has 0 spiro atoms. The molecular formula is C16H14Cl2FNO. The maximum Gasteiger partial charge on any atom is 0.160 e. The number of ether oxygens (including phenoxy) is 1. The van der Waals surface area contributed by atoms with E-state index in [2.05, 4.69) is 18.3 Å². The number of hydrogen-bond acceptors (Lipinski definition) is 2. The molecule has 0 amide bonds. The van der Waals surface area contributed by atoms with Gasteiger partial charge in [0.2, 0.25) is 0 Å². The van der Waals surface area contributed by atoms with E-state index in [4.69, 9.17) is 27.9 Å². The van der Waals surface area contributed by atoms with Crippen molar-refractivity contribution in [3.05, 3.63) is 57.3 Å². The lowest BCUT2D eigenvalue weighted by Crippen LogP contribution is -2.23. The highest BCUT2D eigenvalue weighted by Gasteiger charge is 2.22. The summed E-state index contributed by atoms with van der Waals surface area (Å²) in [5.41, 5.74) is 3.13. The molecule has 2 nitrogen and oxygen atoms in total. The van der Waals surface area contributed by atoms with Crippen molar-refractivity contribution in [1.29, 1.82) is 0 Å². The first-order valence-electron chi connectivity index (χ1n) is 6.67. The van der Waals surface area contributed by atoms with E-state index in [0.29, 0.717) is 12.2 Å². The Morgan fingerprint density at radius 3 is 2.67 bits per heavy atom. The number of aryl methyl sites for hydroxylation is 1. The standard InChI is InChI=1S/C16H14Cl2FNO/c1-9-2-3-15-10(4-9)5-12(21-15)8-20-11-6-13(17)16(19)14(18)7-11/h2-4,6-7,12,20H,5,8H2,1H3. The zero-order valence-corrected chi connectivity index (χ0v) is 12.9. The number of fused-ring (bicyclic) bond motifs is 1. The summed E-state index contributed by atoms with van der Waals surface area (Å²) in [7, 11) is 0. The number of nitrogens with one attached hydrogen (secondary N) is 1. The zero-order chi connectivity index (χ0) is 15.0. The molecule has 110 valence electrons. The van der Waals surface area contributed by atoms with E-state index >= 15 is 0 Å². The van der Waals surface area contributed by atoms with E-state index in [-0.39, 0.29) is 16.1 Å². The number of halogens is 3. The van der Waals surface area contributed by atoms with E-state index in [9.17, 15) is 4.39 Å². The summed E-state index contributed by atoms with van der Waals surface area (Å²) in [4.78, 5) is 0. The van der Waals surface area contributed by atoms with Crippen LogP contribution in [0.3, 0.4) is 0 Å². The van der Waals surface area contributed by atoms with Gasteiger partial charge in [-0.1, -0.05) is 40.9 Å². The Labute approximate surface area is 132 Å². The molecule has 0 aromatic heterocycles. The van der Waals surface area contributed by atoms with Crippen LogP contribution >= 0.6 is 23.2 Å². The van der Waals surface area contributed by atoms with Crippen molar-refractivity contribution in [2.45, 2.75) is 19.4 Å². The highest BCUT2D eigenvalue weighted by atomic mass is 35.5. The van der Waals surface area contributed by atoms with Crippen molar-refractivity contribution in [2.75, 3.05) is 11.9 Å². The van der Waals surface area contributed by atoms with Gasteiger partial charge in [0.15, 0.2) is 5.82 Å². The molecule has 5 heteroatoms. The number of benzene rings is 2. The minimum Gasteiger partial charge on any atom is -0.488 e. The highest BCUT2D eigenvalue weighted by molar-refractivity contribution is 6.35. The first-order chi connectivity index (χ1) is 10.0. The highest BCUT2D eigenvalue weighted by Crippen LogP contribution is 2.30. The quantitative estimate of drug-likeness (QED) is 0.814. The predicted octanol–water partition coefficient (Wildman–Crippen LogP) is 4.86. The van der Waals surface area contributed by atoms with Crippen LogP contribution < -0.4 is 10.1 Å². The molecule has 1 heterocycles. The maximum atomic E-state index is 13.4. The third-order valence-electron chi connectivity index (χ3n) is 3.47. The van der Waals surface area contributed by atoms with Gasteiger partial charge in [-0.2, -0.15) is 0 Å². The Balaban J connectivity index is 1.65. The van der Waals surface area contributed by atoms with Crippen molar-refractivity contribution < 1.29 is 9.13 Å². The number of anilines is 1. The summed E-state index contributed by atoms with van der Waals surface area (Å²) < 4.78 is 19.2. The average molecular weight is 326 g/mol.